The van der Waals surface area contributed by atoms with Crippen LogP contribution in [0.4, 0.5) is 0 Å². The van der Waals surface area contributed by atoms with E-state index in [9.17, 15) is 38.9 Å². The van der Waals surface area contributed by atoms with Gasteiger partial charge in [-0.05, 0) is 19.3 Å². The summed E-state index contributed by atoms with van der Waals surface area (Å²) in [6.07, 6.45) is 34.3. The van der Waals surface area contributed by atoms with Crippen LogP contribution in [0.5, 0.6) is 0 Å². The molecule has 294 valence electrons. The minimum atomic E-state index is -3.98. The molecule has 0 aliphatic heterocycles. The van der Waals surface area contributed by atoms with Crippen LogP contribution in [0.25, 0.3) is 0 Å². The Morgan fingerprint density at radius 3 is 0.520 bits per heavy atom. The quantitative estimate of drug-likeness (QED) is 0.0385. The van der Waals surface area contributed by atoms with Crippen molar-refractivity contribution < 1.29 is 68.5 Å². The zero-order valence-corrected chi connectivity index (χ0v) is 39.6. The van der Waals surface area contributed by atoms with Gasteiger partial charge in [0.15, 0.2) is 0 Å². The van der Waals surface area contributed by atoms with Crippen LogP contribution in [0, 0.1) is 0 Å². The maximum Gasteiger partial charge on any atom is 2.00 e. The van der Waals surface area contributed by atoms with Crippen molar-refractivity contribution in [2.75, 3.05) is 17.3 Å². The maximum absolute atomic E-state index is 10.3. The fourth-order valence-corrected chi connectivity index (χ4v) is 6.97. The first kappa shape index (κ1) is 61.2. The van der Waals surface area contributed by atoms with Gasteiger partial charge in [0.2, 0.25) is 0 Å². The van der Waals surface area contributed by atoms with Crippen LogP contribution in [0.2, 0.25) is 0 Å². The third-order valence-electron chi connectivity index (χ3n) is 8.24. The molecule has 0 unspecified atom stereocenters. The number of rotatable bonds is 33. The Balaban J connectivity index is -0.000000199. The molecule has 14 heteroatoms. The minimum absolute atomic E-state index is 0. The van der Waals surface area contributed by atoms with Gasteiger partial charge in [-0.3, -0.25) is 0 Å². The second kappa shape index (κ2) is 45.4. The van der Waals surface area contributed by atoms with Crippen molar-refractivity contribution in [2.45, 2.75) is 213 Å². The smallest absolute Gasteiger partial charge is 0.748 e. The van der Waals surface area contributed by atoms with Gasteiger partial charge in [0.25, 0.3) is 0 Å². The van der Waals surface area contributed by atoms with Gasteiger partial charge >= 0.3 is 67.3 Å². The summed E-state index contributed by atoms with van der Waals surface area (Å²) >= 11 is 0. The van der Waals surface area contributed by atoms with Gasteiger partial charge in [0, 0.05) is 17.3 Å². The fourth-order valence-electron chi connectivity index (χ4n) is 5.30. The molecule has 0 spiro atoms. The van der Waals surface area contributed by atoms with Gasteiger partial charge in [-0.1, -0.05) is 194 Å². The minimum Gasteiger partial charge on any atom is -0.748 e. The van der Waals surface area contributed by atoms with Gasteiger partial charge < -0.3 is 13.7 Å². The summed E-state index contributed by atoms with van der Waals surface area (Å²) < 4.78 is 92.8. The molecule has 0 rings (SSSR count). The van der Waals surface area contributed by atoms with E-state index in [0.29, 0.717) is 19.3 Å². The predicted octanol–water partition coefficient (Wildman–Crippen LogP) is 6.98. The summed E-state index contributed by atoms with van der Waals surface area (Å²) in [6, 6.07) is 0. The molecule has 0 saturated heterocycles. The van der Waals surface area contributed by atoms with E-state index in [-0.39, 0.29) is 84.6 Å². The Bertz CT molecular complexity index is 842. The third-order valence-corrected chi connectivity index (χ3v) is 10.6. The molecule has 0 amide bonds. The van der Waals surface area contributed by atoms with Crippen LogP contribution >= 0.6 is 0 Å². The van der Waals surface area contributed by atoms with Gasteiger partial charge in [0.1, 0.15) is 0 Å². The molecule has 9 nitrogen and oxygen atoms in total. The predicted molar refractivity (Wildman–Crippen MR) is 205 cm³/mol. The molecular formula is C36H75CaNaO9S3. The van der Waals surface area contributed by atoms with Gasteiger partial charge in [-0.25, -0.2) is 25.3 Å². The van der Waals surface area contributed by atoms with Gasteiger partial charge in [0.05, 0.1) is 30.4 Å². The first-order chi connectivity index (χ1) is 22.7. The van der Waals surface area contributed by atoms with E-state index in [2.05, 4.69) is 20.8 Å². The molecule has 0 bridgehead atoms. The van der Waals surface area contributed by atoms with E-state index in [4.69, 9.17) is 0 Å². The van der Waals surface area contributed by atoms with Crippen molar-refractivity contribution in [3.63, 3.8) is 0 Å². The molecule has 0 aromatic heterocycles. The molecule has 0 aromatic rings. The topological polar surface area (TPSA) is 172 Å². The van der Waals surface area contributed by atoms with Crippen LogP contribution in [0.3, 0.4) is 0 Å². The van der Waals surface area contributed by atoms with Crippen molar-refractivity contribution in [3.8, 4) is 0 Å². The normalized spacial score (nSPS) is 11.4. The fraction of sp³-hybridized carbons (Fsp3) is 1.00. The first-order valence-electron chi connectivity index (χ1n) is 19.5. The number of hydrogen-bond acceptors (Lipinski definition) is 9. The van der Waals surface area contributed by atoms with E-state index in [1.807, 2.05) is 0 Å². The van der Waals surface area contributed by atoms with Crippen LogP contribution in [0.1, 0.15) is 213 Å². The van der Waals surface area contributed by atoms with E-state index < -0.39 is 30.4 Å². The monoisotopic (exact) mass is 810 g/mol. The Morgan fingerprint density at radius 2 is 0.400 bits per heavy atom. The summed E-state index contributed by atoms with van der Waals surface area (Å²) in [5.41, 5.74) is 0. The Hall–Kier alpha value is 1.99. The molecule has 0 atom stereocenters. The molecule has 0 aliphatic carbocycles. The molecule has 0 aliphatic rings. The average Bonchev–Trinajstić information content (AvgIpc) is 2.99. The average molecular weight is 811 g/mol. The molecule has 0 fully saturated rings. The zero-order valence-electron chi connectivity index (χ0n) is 32.9. The molecule has 0 aromatic carbocycles. The van der Waals surface area contributed by atoms with E-state index in [0.717, 1.165) is 38.5 Å². The maximum atomic E-state index is 10.3. The Morgan fingerprint density at radius 1 is 0.280 bits per heavy atom. The zero-order chi connectivity index (χ0) is 36.8. The summed E-state index contributed by atoms with van der Waals surface area (Å²) in [4.78, 5) is 0. The van der Waals surface area contributed by atoms with Crippen molar-refractivity contribution >= 4 is 68.1 Å². The van der Waals surface area contributed by atoms with Crippen LogP contribution in [0.15, 0.2) is 0 Å². The molecular weight excluding hydrogens is 736 g/mol. The van der Waals surface area contributed by atoms with Crippen molar-refractivity contribution in [1.82, 2.24) is 0 Å². The summed E-state index contributed by atoms with van der Waals surface area (Å²) in [7, 11) is -11.9. The molecule has 0 radical (unpaired) electrons. The largest absolute Gasteiger partial charge is 2.00 e. The summed E-state index contributed by atoms with van der Waals surface area (Å²) in [5, 5.41) is 0. The SMILES string of the molecule is CCCCCCCCCCCCS(=O)(=O)[O-].CCCCCCCCCCCCS(=O)(=O)[O-].CCCCCCCCCCCCS(=O)(=O)[O-].[Ca+2].[Na+]. The standard InChI is InChI=1S/3C12H26O3S.Ca.Na/c3*1-2-3-4-5-6-7-8-9-10-11-12-16(13,14)15;;/h3*2-12H2,1H3,(H,13,14,15);;/q;;;+2;+1/p-3. The van der Waals surface area contributed by atoms with E-state index >= 15 is 0 Å². The van der Waals surface area contributed by atoms with E-state index in [1.165, 1.54) is 135 Å². The van der Waals surface area contributed by atoms with Crippen molar-refractivity contribution in [3.05, 3.63) is 0 Å². The van der Waals surface area contributed by atoms with Gasteiger partial charge in [-0.15, -0.1) is 0 Å². The molecule has 0 heterocycles. The Kier molecular flexibility index (Phi) is 55.6. The van der Waals surface area contributed by atoms with Crippen molar-refractivity contribution in [2.24, 2.45) is 0 Å². The molecule has 0 saturated carbocycles. The third kappa shape index (κ3) is 71.4. The van der Waals surface area contributed by atoms with Crippen molar-refractivity contribution in [1.29, 1.82) is 0 Å². The molecule has 0 N–H and O–H groups in total. The van der Waals surface area contributed by atoms with Crippen LogP contribution < -0.4 is 29.6 Å². The second-order valence-electron chi connectivity index (χ2n) is 13.3. The van der Waals surface area contributed by atoms with Crippen LogP contribution in [-0.4, -0.2) is 93.9 Å². The van der Waals surface area contributed by atoms with E-state index in [1.54, 1.807) is 0 Å². The number of unbranched alkanes of at least 4 members (excludes halogenated alkanes) is 27. The number of hydrogen-bond donors (Lipinski definition) is 0. The Labute approximate surface area is 363 Å². The second-order valence-corrected chi connectivity index (χ2v) is 17.9. The molecule has 50 heavy (non-hydrogen) atoms. The van der Waals surface area contributed by atoms with Gasteiger partial charge in [-0.2, -0.15) is 0 Å². The first-order valence-corrected chi connectivity index (χ1v) is 24.2. The summed E-state index contributed by atoms with van der Waals surface area (Å²) in [5.74, 6) is -0.573. The van der Waals surface area contributed by atoms with Crippen LogP contribution in [-0.2, 0) is 30.4 Å². The summed E-state index contributed by atoms with van der Waals surface area (Å²) in [6.45, 7) is 6.64.